The van der Waals surface area contributed by atoms with Crippen LogP contribution in [0, 0.1) is 0 Å². The molecule has 2 N–H and O–H groups in total. The van der Waals surface area contributed by atoms with E-state index in [0.29, 0.717) is 12.2 Å². The summed E-state index contributed by atoms with van der Waals surface area (Å²) in [7, 11) is 0. The fourth-order valence-electron chi connectivity index (χ4n) is 3.08. The third-order valence-corrected chi connectivity index (χ3v) is 4.85. The zero-order valence-electron chi connectivity index (χ0n) is 16.6. The van der Waals surface area contributed by atoms with Gasteiger partial charge < -0.3 is 10.1 Å². The molecule has 0 aliphatic heterocycles. The molecule has 5 heteroatoms. The van der Waals surface area contributed by atoms with Crippen molar-refractivity contribution in [2.75, 3.05) is 11.9 Å². The highest BCUT2D eigenvalue weighted by molar-refractivity contribution is 7.80. The van der Waals surface area contributed by atoms with E-state index in [4.69, 9.17) is 17.0 Å². The highest BCUT2D eigenvalue weighted by Crippen LogP contribution is 2.22. The van der Waals surface area contributed by atoms with Gasteiger partial charge >= 0.3 is 0 Å². The van der Waals surface area contributed by atoms with Gasteiger partial charge in [-0.2, -0.15) is 0 Å². The summed E-state index contributed by atoms with van der Waals surface area (Å²) in [5, 5.41) is 8.27. The smallest absolute Gasteiger partial charge is 0.257 e. The molecule has 0 saturated heterocycles. The van der Waals surface area contributed by atoms with Crippen LogP contribution >= 0.6 is 12.2 Å². The zero-order valence-corrected chi connectivity index (χ0v) is 17.4. The normalized spacial score (nSPS) is 10.5. The lowest BCUT2D eigenvalue weighted by atomic mass is 10.1. The van der Waals surface area contributed by atoms with Crippen LogP contribution in [0.4, 0.5) is 5.69 Å². The van der Waals surface area contributed by atoms with E-state index >= 15 is 0 Å². The Kier molecular flexibility index (Phi) is 7.59. The molecular formula is C24H26N2O2S. The first kappa shape index (κ1) is 20.8. The van der Waals surface area contributed by atoms with E-state index in [1.54, 1.807) is 12.1 Å². The maximum atomic E-state index is 12.5. The number of carbonyl (C=O) groups excluding carboxylic acids is 1. The van der Waals surface area contributed by atoms with Crippen molar-refractivity contribution < 1.29 is 9.53 Å². The second kappa shape index (κ2) is 10.6. The van der Waals surface area contributed by atoms with Crippen LogP contribution in [0.1, 0.15) is 43.0 Å². The third kappa shape index (κ3) is 6.03. The Morgan fingerprint density at radius 1 is 0.931 bits per heavy atom. The summed E-state index contributed by atoms with van der Waals surface area (Å²) in [6.07, 6.45) is 4.67. The number of rotatable bonds is 8. The first-order chi connectivity index (χ1) is 14.2. The number of unbranched alkanes of at least 4 members (excludes halogenated alkanes) is 3. The van der Waals surface area contributed by atoms with Crippen molar-refractivity contribution in [3.8, 4) is 5.75 Å². The zero-order chi connectivity index (χ0) is 20.5. The van der Waals surface area contributed by atoms with Crippen molar-refractivity contribution in [2.45, 2.75) is 32.6 Å². The molecule has 1 amide bonds. The molecule has 0 spiro atoms. The molecule has 3 aromatic carbocycles. The van der Waals surface area contributed by atoms with E-state index in [0.717, 1.165) is 28.6 Å². The number of hydrogen-bond acceptors (Lipinski definition) is 3. The number of carbonyl (C=O) groups is 1. The minimum absolute atomic E-state index is 0.253. The summed E-state index contributed by atoms with van der Waals surface area (Å²) in [4.78, 5) is 12.5. The van der Waals surface area contributed by atoms with Crippen molar-refractivity contribution in [1.29, 1.82) is 0 Å². The van der Waals surface area contributed by atoms with E-state index in [1.807, 2.05) is 54.6 Å². The summed E-state index contributed by atoms with van der Waals surface area (Å²) < 4.78 is 5.72. The topological polar surface area (TPSA) is 50.4 Å². The molecular weight excluding hydrogens is 380 g/mol. The third-order valence-electron chi connectivity index (χ3n) is 4.65. The van der Waals surface area contributed by atoms with Crippen LogP contribution in [0.2, 0.25) is 0 Å². The lowest BCUT2D eigenvalue weighted by Crippen LogP contribution is -2.34. The lowest BCUT2D eigenvalue weighted by Gasteiger charge is -2.12. The van der Waals surface area contributed by atoms with Gasteiger partial charge in [-0.25, -0.2) is 0 Å². The molecule has 0 radical (unpaired) electrons. The van der Waals surface area contributed by atoms with Crippen molar-refractivity contribution in [3.63, 3.8) is 0 Å². The average Bonchev–Trinajstić information content (AvgIpc) is 2.74. The van der Waals surface area contributed by atoms with E-state index in [2.05, 4.69) is 17.6 Å². The van der Waals surface area contributed by atoms with E-state index in [9.17, 15) is 4.79 Å². The molecule has 29 heavy (non-hydrogen) atoms. The molecule has 0 bridgehead atoms. The second-order valence-electron chi connectivity index (χ2n) is 6.87. The fourth-order valence-corrected chi connectivity index (χ4v) is 3.29. The van der Waals surface area contributed by atoms with Gasteiger partial charge in [0, 0.05) is 16.6 Å². The van der Waals surface area contributed by atoms with Crippen LogP contribution in [0.15, 0.2) is 66.7 Å². The van der Waals surface area contributed by atoms with Gasteiger partial charge in [0.1, 0.15) is 5.75 Å². The van der Waals surface area contributed by atoms with E-state index in [1.165, 1.54) is 19.3 Å². The minimum atomic E-state index is -0.253. The van der Waals surface area contributed by atoms with Gasteiger partial charge in [-0.15, -0.1) is 0 Å². The van der Waals surface area contributed by atoms with Gasteiger partial charge in [-0.3, -0.25) is 10.1 Å². The summed E-state index contributed by atoms with van der Waals surface area (Å²) in [6, 6.07) is 21.1. The molecule has 0 aliphatic rings. The molecule has 0 heterocycles. The molecule has 150 valence electrons. The first-order valence-electron chi connectivity index (χ1n) is 10.0. The average molecular weight is 407 g/mol. The van der Waals surface area contributed by atoms with Gasteiger partial charge in [-0.1, -0.05) is 62.6 Å². The van der Waals surface area contributed by atoms with Crippen LogP contribution in [-0.4, -0.2) is 17.6 Å². The summed E-state index contributed by atoms with van der Waals surface area (Å²) >= 11 is 5.33. The van der Waals surface area contributed by atoms with E-state index in [-0.39, 0.29) is 11.0 Å². The molecule has 0 saturated carbocycles. The fraction of sp³-hybridized carbons (Fsp3) is 0.250. The molecule has 0 fully saturated rings. The number of benzene rings is 3. The van der Waals surface area contributed by atoms with Crippen molar-refractivity contribution in [1.82, 2.24) is 5.32 Å². The Labute approximate surface area is 177 Å². The van der Waals surface area contributed by atoms with Gasteiger partial charge in [0.15, 0.2) is 5.11 Å². The monoisotopic (exact) mass is 406 g/mol. The van der Waals surface area contributed by atoms with Crippen LogP contribution in [0.25, 0.3) is 10.8 Å². The molecule has 0 aromatic heterocycles. The summed E-state index contributed by atoms with van der Waals surface area (Å²) in [5.41, 5.74) is 1.39. The number of fused-ring (bicyclic) bond motifs is 1. The quantitative estimate of drug-likeness (QED) is 0.360. The number of nitrogens with one attached hydrogen (secondary N) is 2. The van der Waals surface area contributed by atoms with Crippen LogP contribution in [0.3, 0.4) is 0 Å². The lowest BCUT2D eigenvalue weighted by molar-refractivity contribution is 0.0977. The summed E-state index contributed by atoms with van der Waals surface area (Å²) in [5.74, 6) is 0.520. The number of amides is 1. The Morgan fingerprint density at radius 2 is 1.69 bits per heavy atom. The Bertz CT molecular complexity index is 965. The molecule has 0 aliphatic carbocycles. The highest BCUT2D eigenvalue weighted by Gasteiger charge is 2.09. The van der Waals surface area contributed by atoms with Crippen molar-refractivity contribution in [3.05, 3.63) is 72.3 Å². The highest BCUT2D eigenvalue weighted by atomic mass is 32.1. The van der Waals surface area contributed by atoms with Gasteiger partial charge in [0.25, 0.3) is 5.91 Å². The van der Waals surface area contributed by atoms with Crippen LogP contribution in [-0.2, 0) is 0 Å². The number of thiocarbonyl (C=S) groups is 1. The molecule has 3 rings (SSSR count). The van der Waals surface area contributed by atoms with E-state index < -0.39 is 0 Å². The van der Waals surface area contributed by atoms with Crippen LogP contribution in [0.5, 0.6) is 5.75 Å². The standard InChI is InChI=1S/C24H26N2O2S/c1-2-3-4-7-17-28-20-15-13-19(14-16-20)23(27)26-24(29)25-22-12-8-10-18-9-5-6-11-21(18)22/h5-6,8-16H,2-4,7,17H2,1H3,(H2,25,26,27,29). The maximum absolute atomic E-state index is 12.5. The molecule has 3 aromatic rings. The van der Waals surface area contributed by atoms with Gasteiger partial charge in [0.05, 0.1) is 6.61 Å². The summed E-state index contributed by atoms with van der Waals surface area (Å²) in [6.45, 7) is 2.89. The molecule has 4 nitrogen and oxygen atoms in total. The molecule has 0 unspecified atom stereocenters. The largest absolute Gasteiger partial charge is 0.494 e. The Balaban J connectivity index is 1.53. The minimum Gasteiger partial charge on any atom is -0.494 e. The van der Waals surface area contributed by atoms with Gasteiger partial charge in [0.2, 0.25) is 0 Å². The SMILES string of the molecule is CCCCCCOc1ccc(C(=O)NC(=S)Nc2cccc3ccccc23)cc1. The van der Waals surface area contributed by atoms with Crippen LogP contribution < -0.4 is 15.4 Å². The second-order valence-corrected chi connectivity index (χ2v) is 7.28. The van der Waals surface area contributed by atoms with Crippen molar-refractivity contribution in [2.24, 2.45) is 0 Å². The Hall–Kier alpha value is -2.92. The number of ether oxygens (including phenoxy) is 1. The maximum Gasteiger partial charge on any atom is 0.257 e. The number of anilines is 1. The predicted octanol–water partition coefficient (Wildman–Crippen LogP) is 5.93. The molecule has 0 atom stereocenters. The number of hydrogen-bond donors (Lipinski definition) is 2. The van der Waals surface area contributed by atoms with Crippen molar-refractivity contribution >= 4 is 39.7 Å². The Morgan fingerprint density at radius 3 is 2.48 bits per heavy atom. The van der Waals surface area contributed by atoms with Gasteiger partial charge in [-0.05, 0) is 54.4 Å². The predicted molar refractivity (Wildman–Crippen MR) is 124 cm³/mol. The first-order valence-corrected chi connectivity index (χ1v) is 10.4.